The highest BCUT2D eigenvalue weighted by Crippen LogP contribution is 2.21. The average Bonchev–Trinajstić information content (AvgIpc) is 2.57. The van der Waals surface area contributed by atoms with Crippen LogP contribution in [0.25, 0.3) is 0 Å². The summed E-state index contributed by atoms with van der Waals surface area (Å²) in [7, 11) is 0. The number of ketones is 1. The molecule has 0 N–H and O–H groups in total. The number of carbonyl (C=O) groups is 1. The molecule has 1 aromatic heterocycles. The highest BCUT2D eigenvalue weighted by molar-refractivity contribution is 6.25. The third kappa shape index (κ3) is 2.32. The molecule has 0 unspecified atom stereocenters. The summed E-state index contributed by atoms with van der Waals surface area (Å²) in [6.45, 7) is 0.740. The summed E-state index contributed by atoms with van der Waals surface area (Å²) in [4.78, 5) is 11.7. The fourth-order valence-electron chi connectivity index (χ4n) is 2.01. The summed E-state index contributed by atoms with van der Waals surface area (Å²) in [5.74, 6) is 0.288. The Morgan fingerprint density at radius 3 is 2.93 bits per heavy atom. The summed E-state index contributed by atoms with van der Waals surface area (Å²) < 4.78 is 2.02. The molecule has 80 valence electrons. The third-order valence-corrected chi connectivity index (χ3v) is 2.95. The first-order valence-electron chi connectivity index (χ1n) is 5.28. The molecule has 15 heavy (non-hydrogen) atoms. The van der Waals surface area contributed by atoms with Crippen molar-refractivity contribution in [1.29, 1.82) is 0 Å². The molecule has 0 aromatic carbocycles. The van der Waals surface area contributed by atoms with Gasteiger partial charge in [-0.2, -0.15) is 0 Å². The van der Waals surface area contributed by atoms with Gasteiger partial charge in [0.05, 0.1) is 0 Å². The lowest BCUT2D eigenvalue weighted by molar-refractivity contribution is 0.0982. The van der Waals surface area contributed by atoms with E-state index in [9.17, 15) is 4.79 Å². The van der Waals surface area contributed by atoms with Crippen LogP contribution in [-0.4, -0.2) is 10.4 Å². The molecule has 0 atom stereocenters. The van der Waals surface area contributed by atoms with Gasteiger partial charge in [0.2, 0.25) is 0 Å². The van der Waals surface area contributed by atoms with Crippen LogP contribution in [-0.2, 0) is 13.0 Å². The van der Waals surface area contributed by atoms with E-state index in [1.54, 1.807) is 0 Å². The second-order valence-corrected chi connectivity index (χ2v) is 4.14. The van der Waals surface area contributed by atoms with Gasteiger partial charge in [0.25, 0.3) is 0 Å². The van der Waals surface area contributed by atoms with Gasteiger partial charge < -0.3 is 4.57 Å². The zero-order valence-corrected chi connectivity index (χ0v) is 9.33. The minimum Gasteiger partial charge on any atom is -0.349 e. The lowest BCUT2D eigenvalue weighted by Gasteiger charge is -1.96. The van der Waals surface area contributed by atoms with E-state index in [1.165, 1.54) is 11.1 Å². The summed E-state index contributed by atoms with van der Waals surface area (Å²) in [6, 6.07) is 0. The smallest absolute Gasteiger partial charge is 0.164 e. The molecule has 0 radical (unpaired) electrons. The van der Waals surface area contributed by atoms with Crippen LogP contribution in [0, 0.1) is 0 Å². The third-order valence-electron chi connectivity index (χ3n) is 2.77. The van der Waals surface area contributed by atoms with Crippen molar-refractivity contribution in [2.45, 2.75) is 32.2 Å². The lowest BCUT2D eigenvalue weighted by Crippen LogP contribution is -1.97. The van der Waals surface area contributed by atoms with Gasteiger partial charge in [0.1, 0.15) is 0 Å². The van der Waals surface area contributed by atoms with Gasteiger partial charge in [-0.1, -0.05) is 17.7 Å². The van der Waals surface area contributed by atoms with Crippen molar-refractivity contribution in [3.8, 4) is 0 Å². The van der Waals surface area contributed by atoms with Crippen LogP contribution in [0.2, 0.25) is 0 Å². The minimum atomic E-state index is 0.288. The Balaban J connectivity index is 2.25. The Morgan fingerprint density at radius 2 is 2.13 bits per heavy atom. The van der Waals surface area contributed by atoms with E-state index in [0.717, 1.165) is 31.4 Å². The van der Waals surface area contributed by atoms with Gasteiger partial charge >= 0.3 is 0 Å². The first-order valence-corrected chi connectivity index (χ1v) is 5.72. The molecule has 1 heterocycles. The van der Waals surface area contributed by atoms with Crippen LogP contribution in [0.5, 0.6) is 0 Å². The molecule has 3 heteroatoms. The molecule has 0 saturated heterocycles. The molecule has 0 aliphatic heterocycles. The van der Waals surface area contributed by atoms with E-state index < -0.39 is 0 Å². The van der Waals surface area contributed by atoms with Crippen molar-refractivity contribution < 1.29 is 4.79 Å². The predicted octanol–water partition coefficient (Wildman–Crippen LogP) is 3.15. The molecule has 1 aliphatic rings. The van der Waals surface area contributed by atoms with E-state index in [1.807, 2.05) is 16.8 Å². The van der Waals surface area contributed by atoms with Crippen molar-refractivity contribution in [3.05, 3.63) is 35.1 Å². The number of nitrogens with zero attached hydrogens (tertiary/aromatic N) is 1. The van der Waals surface area contributed by atoms with Crippen LogP contribution in [0.15, 0.2) is 24.0 Å². The number of aromatic nitrogens is 1. The number of hydrogen-bond donors (Lipinski definition) is 0. The molecule has 1 aliphatic carbocycles. The minimum absolute atomic E-state index is 0.288. The number of rotatable bonds is 2. The SMILES string of the molecule is O=C1CCCCc2cn(C/C=C/Cl)cc21. The van der Waals surface area contributed by atoms with Crippen LogP contribution in [0.1, 0.15) is 35.2 Å². The number of allylic oxidation sites excluding steroid dienone is 1. The van der Waals surface area contributed by atoms with Crippen LogP contribution in [0.4, 0.5) is 0 Å². The normalized spacial score (nSPS) is 16.7. The van der Waals surface area contributed by atoms with Crippen molar-refractivity contribution in [1.82, 2.24) is 4.57 Å². The highest BCUT2D eigenvalue weighted by Gasteiger charge is 2.16. The maximum atomic E-state index is 11.7. The number of hydrogen-bond acceptors (Lipinski definition) is 1. The van der Waals surface area contributed by atoms with Gasteiger partial charge in [-0.15, -0.1) is 0 Å². The summed E-state index contributed by atoms with van der Waals surface area (Å²) >= 11 is 5.47. The zero-order valence-electron chi connectivity index (χ0n) is 8.58. The van der Waals surface area contributed by atoms with E-state index >= 15 is 0 Å². The van der Waals surface area contributed by atoms with Gasteiger partial charge in [-0.25, -0.2) is 0 Å². The second-order valence-electron chi connectivity index (χ2n) is 3.89. The van der Waals surface area contributed by atoms with E-state index in [-0.39, 0.29) is 5.78 Å². The Kier molecular flexibility index (Phi) is 3.27. The van der Waals surface area contributed by atoms with Crippen LogP contribution in [0.3, 0.4) is 0 Å². The summed E-state index contributed by atoms with van der Waals surface area (Å²) in [5, 5.41) is 0. The average molecular weight is 224 g/mol. The highest BCUT2D eigenvalue weighted by atomic mass is 35.5. The van der Waals surface area contributed by atoms with Crippen molar-refractivity contribution >= 4 is 17.4 Å². The molecular weight excluding hydrogens is 210 g/mol. The molecule has 1 aromatic rings. The molecule has 2 rings (SSSR count). The van der Waals surface area contributed by atoms with Crippen molar-refractivity contribution in [2.75, 3.05) is 0 Å². The Hall–Kier alpha value is -1.02. The predicted molar refractivity (Wildman–Crippen MR) is 61.3 cm³/mol. The summed E-state index contributed by atoms with van der Waals surface area (Å²) in [5.41, 5.74) is 3.61. The molecule has 0 bridgehead atoms. The van der Waals surface area contributed by atoms with E-state index in [0.29, 0.717) is 6.42 Å². The van der Waals surface area contributed by atoms with Crippen molar-refractivity contribution in [2.24, 2.45) is 0 Å². The quantitative estimate of drug-likeness (QED) is 0.706. The molecule has 2 nitrogen and oxygen atoms in total. The van der Waals surface area contributed by atoms with Gasteiger partial charge in [0.15, 0.2) is 5.78 Å². The summed E-state index contributed by atoms with van der Waals surface area (Å²) in [6.07, 6.45) is 9.74. The number of aryl methyl sites for hydroxylation is 1. The number of fused-ring (bicyclic) bond motifs is 1. The topological polar surface area (TPSA) is 22.0 Å². The van der Waals surface area contributed by atoms with E-state index in [2.05, 4.69) is 6.20 Å². The Morgan fingerprint density at radius 1 is 1.33 bits per heavy atom. The van der Waals surface area contributed by atoms with Crippen LogP contribution >= 0.6 is 11.6 Å². The molecule has 0 spiro atoms. The fraction of sp³-hybridized carbons (Fsp3) is 0.417. The van der Waals surface area contributed by atoms with Crippen molar-refractivity contribution in [3.63, 3.8) is 0 Å². The molecule has 0 fully saturated rings. The van der Waals surface area contributed by atoms with Gasteiger partial charge in [-0.05, 0) is 24.8 Å². The Bertz CT molecular complexity index is 392. The largest absolute Gasteiger partial charge is 0.349 e. The molecule has 0 saturated carbocycles. The standard InChI is InChI=1S/C12H14ClNO/c13-6-3-7-14-8-10-4-1-2-5-12(15)11(10)9-14/h3,6,8-9H,1-2,4-5,7H2/b6-3+. The van der Waals surface area contributed by atoms with Gasteiger partial charge in [-0.3, -0.25) is 4.79 Å². The first-order chi connectivity index (χ1) is 7.31. The molecular formula is C12H14ClNO. The molecule has 0 amide bonds. The number of carbonyl (C=O) groups excluding carboxylic acids is 1. The second kappa shape index (κ2) is 4.67. The number of Topliss-reactive ketones (excluding diaryl/α,β-unsaturated/α-hetero) is 1. The zero-order chi connectivity index (χ0) is 10.7. The first kappa shape index (κ1) is 10.5. The van der Waals surface area contributed by atoms with Gasteiger partial charge in [0, 0.05) is 36.5 Å². The van der Waals surface area contributed by atoms with E-state index in [4.69, 9.17) is 11.6 Å². The monoisotopic (exact) mass is 223 g/mol. The lowest BCUT2D eigenvalue weighted by atomic mass is 10.1. The Labute approximate surface area is 94.5 Å². The van der Waals surface area contributed by atoms with Crippen LogP contribution < -0.4 is 0 Å². The maximum absolute atomic E-state index is 11.7. The number of halogens is 1. The fourth-order valence-corrected chi connectivity index (χ4v) is 2.09. The maximum Gasteiger partial charge on any atom is 0.164 e.